The molecule has 0 atom stereocenters. The molecule has 0 spiro atoms. The van der Waals surface area contributed by atoms with Crippen LogP contribution in [0.1, 0.15) is 25.2 Å². The van der Waals surface area contributed by atoms with Crippen LogP contribution in [0, 0.1) is 6.92 Å². The van der Waals surface area contributed by atoms with E-state index in [0.29, 0.717) is 6.04 Å². The number of rotatable bonds is 5. The third-order valence-electron chi connectivity index (χ3n) is 2.72. The lowest BCUT2D eigenvalue weighted by Crippen LogP contribution is -2.32. The smallest absolute Gasteiger partial charge is 0.0860 e. The Hall–Kier alpha value is -0.0600. The Kier molecular flexibility index (Phi) is 5.28. The normalized spacial score (nSPS) is 11.8. The quantitative estimate of drug-likeness (QED) is 0.780. The van der Waals surface area contributed by atoms with Crippen molar-refractivity contribution >= 4 is 27.5 Å². The van der Waals surface area contributed by atoms with E-state index in [-0.39, 0.29) is 0 Å². The van der Waals surface area contributed by atoms with E-state index in [9.17, 15) is 0 Å². The second-order valence-electron chi connectivity index (χ2n) is 4.22. The van der Waals surface area contributed by atoms with Gasteiger partial charge >= 0.3 is 0 Å². The molecule has 0 fully saturated rings. The Morgan fingerprint density at radius 2 is 2.12 bits per heavy atom. The molecular formula is C11H19BrClN3. The molecule has 92 valence electrons. The zero-order chi connectivity index (χ0) is 12.3. The molecule has 3 nitrogen and oxygen atoms in total. The van der Waals surface area contributed by atoms with Gasteiger partial charge in [0.1, 0.15) is 0 Å². The number of hydrogen-bond acceptors (Lipinski definition) is 2. The maximum Gasteiger partial charge on any atom is 0.0860 e. The van der Waals surface area contributed by atoms with E-state index >= 15 is 0 Å². The Morgan fingerprint density at radius 3 is 2.50 bits per heavy atom. The van der Waals surface area contributed by atoms with Crippen LogP contribution in [0.3, 0.4) is 0 Å². The van der Waals surface area contributed by atoms with Crippen molar-refractivity contribution in [2.45, 2.75) is 33.4 Å². The standard InChI is InChI=1S/C11H19BrClN3/c1-8(2)16(6-5-12)7-10-11(13)9(3)14-15(10)4/h8H,5-7H2,1-4H3. The van der Waals surface area contributed by atoms with Crippen molar-refractivity contribution in [1.82, 2.24) is 14.7 Å². The molecule has 0 N–H and O–H groups in total. The van der Waals surface area contributed by atoms with Crippen molar-refractivity contribution in [3.8, 4) is 0 Å². The summed E-state index contributed by atoms with van der Waals surface area (Å²) in [5, 5.41) is 6.10. The lowest BCUT2D eigenvalue weighted by molar-refractivity contribution is 0.222. The predicted molar refractivity (Wildman–Crippen MR) is 72.3 cm³/mol. The molecule has 1 aromatic rings. The summed E-state index contributed by atoms with van der Waals surface area (Å²) in [7, 11) is 1.95. The second kappa shape index (κ2) is 6.03. The van der Waals surface area contributed by atoms with Crippen molar-refractivity contribution < 1.29 is 0 Å². The van der Waals surface area contributed by atoms with Crippen molar-refractivity contribution in [3.05, 3.63) is 16.4 Å². The minimum atomic E-state index is 0.504. The molecule has 0 radical (unpaired) electrons. The van der Waals surface area contributed by atoms with E-state index in [1.165, 1.54) is 0 Å². The molecule has 0 aliphatic carbocycles. The van der Waals surface area contributed by atoms with Gasteiger partial charge in [-0.25, -0.2) is 0 Å². The van der Waals surface area contributed by atoms with E-state index in [4.69, 9.17) is 11.6 Å². The van der Waals surface area contributed by atoms with Crippen LogP contribution in [0.4, 0.5) is 0 Å². The molecule has 0 unspecified atom stereocenters. The van der Waals surface area contributed by atoms with Gasteiger partial charge in [-0.3, -0.25) is 9.58 Å². The number of aromatic nitrogens is 2. The monoisotopic (exact) mass is 307 g/mol. The molecule has 16 heavy (non-hydrogen) atoms. The molecule has 0 amide bonds. The van der Waals surface area contributed by atoms with Gasteiger partial charge in [0.2, 0.25) is 0 Å². The molecule has 1 aromatic heterocycles. The summed E-state index contributed by atoms with van der Waals surface area (Å²) >= 11 is 9.72. The van der Waals surface area contributed by atoms with Crippen molar-refractivity contribution in [2.75, 3.05) is 11.9 Å². The molecule has 0 saturated heterocycles. The highest BCUT2D eigenvalue weighted by Gasteiger charge is 2.16. The van der Waals surface area contributed by atoms with Crippen molar-refractivity contribution in [1.29, 1.82) is 0 Å². The van der Waals surface area contributed by atoms with Crippen molar-refractivity contribution in [3.63, 3.8) is 0 Å². The first-order valence-corrected chi connectivity index (χ1v) is 6.95. The Balaban J connectivity index is 2.84. The SMILES string of the molecule is Cc1nn(C)c(CN(CCBr)C(C)C)c1Cl. The van der Waals surface area contributed by atoms with E-state index < -0.39 is 0 Å². The average Bonchev–Trinajstić information content (AvgIpc) is 2.43. The van der Waals surface area contributed by atoms with Gasteiger partial charge in [0.25, 0.3) is 0 Å². The molecule has 1 heterocycles. The van der Waals surface area contributed by atoms with Gasteiger partial charge in [-0.05, 0) is 20.8 Å². The van der Waals surface area contributed by atoms with Gasteiger partial charge in [0.15, 0.2) is 0 Å². The summed E-state index contributed by atoms with van der Waals surface area (Å²) in [5.74, 6) is 0. The fourth-order valence-electron chi connectivity index (χ4n) is 1.67. The Morgan fingerprint density at radius 1 is 1.50 bits per heavy atom. The minimum Gasteiger partial charge on any atom is -0.294 e. The predicted octanol–water partition coefficient (Wildman–Crippen LogP) is 2.99. The first-order valence-electron chi connectivity index (χ1n) is 5.45. The molecule has 0 saturated carbocycles. The Bertz CT molecular complexity index is 349. The van der Waals surface area contributed by atoms with E-state index in [1.807, 2.05) is 18.7 Å². The fraction of sp³-hybridized carbons (Fsp3) is 0.727. The highest BCUT2D eigenvalue weighted by atomic mass is 79.9. The molecule has 0 aliphatic heterocycles. The lowest BCUT2D eigenvalue weighted by atomic mass is 10.2. The number of halogens is 2. The molecule has 0 aromatic carbocycles. The lowest BCUT2D eigenvalue weighted by Gasteiger charge is -2.25. The van der Waals surface area contributed by atoms with E-state index in [0.717, 1.165) is 34.8 Å². The summed E-state index contributed by atoms with van der Waals surface area (Å²) in [4.78, 5) is 2.37. The average molecular weight is 309 g/mol. The molecule has 1 rings (SSSR count). The van der Waals surface area contributed by atoms with Gasteiger partial charge in [-0.15, -0.1) is 0 Å². The van der Waals surface area contributed by atoms with Crippen LogP contribution in [-0.2, 0) is 13.6 Å². The summed E-state index contributed by atoms with van der Waals surface area (Å²) < 4.78 is 1.88. The largest absolute Gasteiger partial charge is 0.294 e. The number of aryl methyl sites for hydroxylation is 2. The number of nitrogens with zero attached hydrogens (tertiary/aromatic N) is 3. The van der Waals surface area contributed by atoms with Crippen LogP contribution < -0.4 is 0 Å². The summed E-state index contributed by atoms with van der Waals surface area (Å²) in [6.45, 7) is 8.19. The van der Waals surface area contributed by atoms with Gasteiger partial charge in [0.05, 0.1) is 16.4 Å². The summed E-state index contributed by atoms with van der Waals surface area (Å²) in [6.07, 6.45) is 0. The van der Waals surface area contributed by atoms with Gasteiger partial charge < -0.3 is 0 Å². The van der Waals surface area contributed by atoms with E-state index in [1.54, 1.807) is 0 Å². The van der Waals surface area contributed by atoms with E-state index in [2.05, 4.69) is 39.8 Å². The minimum absolute atomic E-state index is 0.504. The van der Waals surface area contributed by atoms with Crippen LogP contribution >= 0.6 is 27.5 Å². The van der Waals surface area contributed by atoms with Crippen LogP contribution in [0.2, 0.25) is 5.02 Å². The zero-order valence-corrected chi connectivity index (χ0v) is 12.6. The van der Waals surface area contributed by atoms with Crippen LogP contribution in [0.25, 0.3) is 0 Å². The van der Waals surface area contributed by atoms with Crippen molar-refractivity contribution in [2.24, 2.45) is 7.05 Å². The van der Waals surface area contributed by atoms with Crippen LogP contribution in [0.15, 0.2) is 0 Å². The van der Waals surface area contributed by atoms with Crippen LogP contribution in [0.5, 0.6) is 0 Å². The Labute approximate surface area is 111 Å². The highest BCUT2D eigenvalue weighted by Crippen LogP contribution is 2.21. The van der Waals surface area contributed by atoms with Gasteiger partial charge in [-0.1, -0.05) is 27.5 Å². The topological polar surface area (TPSA) is 21.1 Å². The summed E-state index contributed by atoms with van der Waals surface area (Å²) in [5.41, 5.74) is 2.00. The third-order valence-corrected chi connectivity index (χ3v) is 3.56. The zero-order valence-electron chi connectivity index (χ0n) is 10.3. The highest BCUT2D eigenvalue weighted by molar-refractivity contribution is 9.09. The first kappa shape index (κ1) is 14.0. The first-order chi connectivity index (χ1) is 7.47. The fourth-order valence-corrected chi connectivity index (χ4v) is 2.35. The third kappa shape index (κ3) is 3.22. The molecule has 5 heteroatoms. The molecule has 0 aliphatic rings. The molecular weight excluding hydrogens is 289 g/mol. The van der Waals surface area contributed by atoms with Gasteiger partial charge in [0, 0.05) is 31.5 Å². The summed E-state index contributed by atoms with van der Waals surface area (Å²) in [6, 6.07) is 0.504. The maximum atomic E-state index is 6.24. The maximum absolute atomic E-state index is 6.24. The van der Waals surface area contributed by atoms with Crippen LogP contribution in [-0.4, -0.2) is 32.6 Å². The molecule has 0 bridgehead atoms. The number of alkyl halides is 1. The van der Waals surface area contributed by atoms with Gasteiger partial charge in [-0.2, -0.15) is 5.10 Å². The second-order valence-corrected chi connectivity index (χ2v) is 5.39. The number of hydrogen-bond donors (Lipinski definition) is 0.